The van der Waals surface area contributed by atoms with Gasteiger partial charge in [0.2, 0.25) is 5.89 Å². The van der Waals surface area contributed by atoms with E-state index in [1.165, 1.54) is 29.5 Å². The third-order valence-corrected chi connectivity index (χ3v) is 5.41. The van der Waals surface area contributed by atoms with Gasteiger partial charge in [0.15, 0.2) is 23.9 Å². The van der Waals surface area contributed by atoms with Crippen LogP contribution in [0.2, 0.25) is 0 Å². The summed E-state index contributed by atoms with van der Waals surface area (Å²) in [6.45, 7) is 1.39. The van der Waals surface area contributed by atoms with Crippen molar-refractivity contribution in [3.8, 4) is 5.75 Å². The highest BCUT2D eigenvalue weighted by Gasteiger charge is 2.26. The number of amides is 1. The maximum atomic E-state index is 13.6. The largest absolute Gasteiger partial charge is 0.481 e. The van der Waals surface area contributed by atoms with Gasteiger partial charge in [-0.3, -0.25) is 9.69 Å². The lowest BCUT2D eigenvalue weighted by Gasteiger charge is -2.36. The van der Waals surface area contributed by atoms with Gasteiger partial charge in [0, 0.05) is 26.2 Å². The molecule has 7 heteroatoms. The molecule has 0 N–H and O–H groups in total. The number of ether oxygens (including phenoxy) is 1. The van der Waals surface area contributed by atoms with Gasteiger partial charge in [0.1, 0.15) is 6.26 Å². The summed E-state index contributed by atoms with van der Waals surface area (Å²) in [5.41, 5.74) is 2.88. The number of para-hydroxylation sites is 1. The molecule has 0 saturated carbocycles. The Morgan fingerprint density at radius 1 is 1.23 bits per heavy atom. The highest BCUT2D eigenvalue weighted by Crippen LogP contribution is 2.23. The number of carbonyl (C=O) groups is 1. The average Bonchev–Trinajstić information content (AvgIpc) is 3.22. The number of nitrogens with zero attached hydrogens (tertiary/aromatic N) is 3. The number of rotatable bonds is 6. The highest BCUT2D eigenvalue weighted by atomic mass is 19.1. The molecule has 2 aromatic carbocycles. The van der Waals surface area contributed by atoms with Crippen LogP contribution in [-0.4, -0.2) is 47.4 Å². The first kappa shape index (κ1) is 20.1. The number of hydrogen-bond acceptors (Lipinski definition) is 5. The van der Waals surface area contributed by atoms with E-state index < -0.39 is 5.82 Å². The van der Waals surface area contributed by atoms with Gasteiger partial charge in [-0.25, -0.2) is 9.37 Å². The van der Waals surface area contributed by atoms with Crippen LogP contribution in [0.5, 0.6) is 5.75 Å². The van der Waals surface area contributed by atoms with Crippen LogP contribution < -0.4 is 4.74 Å². The fourth-order valence-electron chi connectivity index (χ4n) is 3.69. The second-order valence-electron chi connectivity index (χ2n) is 7.57. The Balaban J connectivity index is 1.36. The van der Waals surface area contributed by atoms with E-state index in [4.69, 9.17) is 9.15 Å². The Kier molecular flexibility index (Phi) is 5.81. The van der Waals surface area contributed by atoms with Gasteiger partial charge in [-0.1, -0.05) is 36.4 Å². The van der Waals surface area contributed by atoms with E-state index in [0.29, 0.717) is 6.54 Å². The summed E-state index contributed by atoms with van der Waals surface area (Å²) < 4.78 is 24.4. The zero-order chi connectivity index (χ0) is 21.1. The maximum Gasteiger partial charge on any atom is 0.275 e. The first-order valence-corrected chi connectivity index (χ1v) is 9.85. The fourth-order valence-corrected chi connectivity index (χ4v) is 3.69. The van der Waals surface area contributed by atoms with Crippen LogP contribution in [0.4, 0.5) is 4.39 Å². The van der Waals surface area contributed by atoms with Gasteiger partial charge >= 0.3 is 0 Å². The number of oxazole rings is 1. The average molecular weight is 409 g/mol. The molecule has 3 aromatic rings. The van der Waals surface area contributed by atoms with Crippen LogP contribution in [0.1, 0.15) is 27.5 Å². The Bertz CT molecular complexity index is 1040. The number of carbonyl (C=O) groups excluding carboxylic acids is 1. The lowest BCUT2D eigenvalue weighted by atomic mass is 9.94. The molecule has 156 valence electrons. The quantitative estimate of drug-likeness (QED) is 0.624. The molecule has 1 aliphatic rings. The third-order valence-electron chi connectivity index (χ3n) is 5.41. The van der Waals surface area contributed by atoms with Crippen LogP contribution in [0.25, 0.3) is 0 Å². The minimum absolute atomic E-state index is 0.0555. The molecule has 1 aliphatic heterocycles. The molecule has 0 saturated heterocycles. The molecule has 6 nitrogen and oxygen atoms in total. The van der Waals surface area contributed by atoms with E-state index in [1.54, 1.807) is 24.1 Å². The number of halogens is 1. The molecule has 1 amide bonds. The molecule has 4 rings (SSSR count). The van der Waals surface area contributed by atoms with Gasteiger partial charge in [0.05, 0.1) is 0 Å². The van der Waals surface area contributed by atoms with E-state index >= 15 is 0 Å². The number of aromatic nitrogens is 1. The van der Waals surface area contributed by atoms with Crippen molar-refractivity contribution in [2.75, 3.05) is 20.6 Å². The summed E-state index contributed by atoms with van der Waals surface area (Å²) in [6.07, 6.45) is 2.21. The molecule has 0 fully saturated rings. The van der Waals surface area contributed by atoms with Crippen molar-refractivity contribution < 1.29 is 18.3 Å². The van der Waals surface area contributed by atoms with Gasteiger partial charge < -0.3 is 14.1 Å². The van der Waals surface area contributed by atoms with Crippen molar-refractivity contribution in [3.63, 3.8) is 0 Å². The summed E-state index contributed by atoms with van der Waals surface area (Å²) in [5, 5.41) is 0. The standard InChI is InChI=1S/C23H24FN3O3/c1-26-12-17-8-4-3-7-16(17)11-18(26)13-27(2)23(28)20-14-30-22(25-20)15-29-21-10-6-5-9-19(21)24/h3-10,14,18H,11-13,15H2,1-2H3/t18-/m0/s1. The van der Waals surface area contributed by atoms with E-state index in [1.807, 2.05) is 0 Å². The first-order valence-electron chi connectivity index (χ1n) is 9.85. The molecule has 0 unspecified atom stereocenters. The Labute approximate surface area is 174 Å². The minimum Gasteiger partial charge on any atom is -0.481 e. The Hall–Kier alpha value is -3.19. The summed E-state index contributed by atoms with van der Waals surface area (Å²) in [4.78, 5) is 20.9. The van der Waals surface area contributed by atoms with Gasteiger partial charge in [-0.05, 0) is 36.7 Å². The van der Waals surface area contributed by atoms with Crippen LogP contribution in [-0.2, 0) is 19.6 Å². The van der Waals surface area contributed by atoms with Crippen LogP contribution in [0.3, 0.4) is 0 Å². The lowest BCUT2D eigenvalue weighted by Crippen LogP contribution is -2.46. The zero-order valence-electron chi connectivity index (χ0n) is 17.0. The summed E-state index contributed by atoms with van der Waals surface area (Å²) >= 11 is 0. The lowest BCUT2D eigenvalue weighted by molar-refractivity contribution is 0.0727. The molecular formula is C23H24FN3O3. The summed E-state index contributed by atoms with van der Waals surface area (Å²) in [6, 6.07) is 14.7. The fraction of sp³-hybridized carbons (Fsp3) is 0.304. The van der Waals surface area contributed by atoms with Crippen molar-refractivity contribution in [2.45, 2.75) is 25.6 Å². The van der Waals surface area contributed by atoms with Crippen LogP contribution >= 0.6 is 0 Å². The second-order valence-corrected chi connectivity index (χ2v) is 7.57. The molecular weight excluding hydrogens is 385 g/mol. The smallest absolute Gasteiger partial charge is 0.275 e. The van der Waals surface area contributed by atoms with Crippen molar-refractivity contribution >= 4 is 5.91 Å². The summed E-state index contributed by atoms with van der Waals surface area (Å²) in [7, 11) is 3.84. The molecule has 1 atom stereocenters. The number of fused-ring (bicyclic) bond motifs is 1. The van der Waals surface area contributed by atoms with E-state index in [2.05, 4.69) is 41.2 Å². The van der Waals surface area contributed by atoms with Crippen molar-refractivity contribution in [1.29, 1.82) is 0 Å². The zero-order valence-corrected chi connectivity index (χ0v) is 17.0. The number of benzene rings is 2. The topological polar surface area (TPSA) is 58.8 Å². The van der Waals surface area contributed by atoms with Crippen molar-refractivity contribution in [3.05, 3.63) is 83.3 Å². The van der Waals surface area contributed by atoms with Crippen LogP contribution in [0.15, 0.2) is 59.2 Å². The first-order chi connectivity index (χ1) is 14.5. The SMILES string of the molecule is CN(C[C@@H]1Cc2ccccc2CN1C)C(=O)c1coc(COc2ccccc2F)n1. The second kappa shape index (κ2) is 8.67. The predicted octanol–water partition coefficient (Wildman–Crippen LogP) is 3.52. The molecule has 0 radical (unpaired) electrons. The Morgan fingerprint density at radius 3 is 2.77 bits per heavy atom. The van der Waals surface area contributed by atoms with Crippen LogP contribution in [0, 0.1) is 5.82 Å². The number of hydrogen-bond donors (Lipinski definition) is 0. The molecule has 0 aliphatic carbocycles. The Morgan fingerprint density at radius 2 is 1.97 bits per heavy atom. The van der Waals surface area contributed by atoms with Gasteiger partial charge in [-0.2, -0.15) is 0 Å². The normalized spacial score (nSPS) is 16.2. The van der Waals surface area contributed by atoms with Crippen molar-refractivity contribution in [2.24, 2.45) is 0 Å². The summed E-state index contributed by atoms with van der Waals surface area (Å²) in [5.74, 6) is -0.346. The van der Waals surface area contributed by atoms with Gasteiger partial charge in [-0.15, -0.1) is 0 Å². The van der Waals surface area contributed by atoms with E-state index in [9.17, 15) is 9.18 Å². The molecule has 2 heterocycles. The van der Waals surface area contributed by atoms with Crippen molar-refractivity contribution in [1.82, 2.24) is 14.8 Å². The maximum absolute atomic E-state index is 13.6. The van der Waals surface area contributed by atoms with E-state index in [-0.39, 0.29) is 35.9 Å². The molecule has 0 bridgehead atoms. The van der Waals surface area contributed by atoms with E-state index in [0.717, 1.165) is 13.0 Å². The number of likely N-dealkylation sites (N-methyl/N-ethyl adjacent to an activating group) is 2. The third kappa shape index (κ3) is 4.36. The van der Waals surface area contributed by atoms with Gasteiger partial charge in [0.25, 0.3) is 5.91 Å². The molecule has 1 aromatic heterocycles. The minimum atomic E-state index is -0.460. The molecule has 0 spiro atoms. The molecule has 30 heavy (non-hydrogen) atoms. The highest BCUT2D eigenvalue weighted by molar-refractivity contribution is 5.91. The monoisotopic (exact) mass is 409 g/mol. The predicted molar refractivity (Wildman–Crippen MR) is 110 cm³/mol.